The minimum atomic E-state index is -0.275. The van der Waals surface area contributed by atoms with Gasteiger partial charge >= 0.3 is 0 Å². The van der Waals surface area contributed by atoms with Gasteiger partial charge in [0.15, 0.2) is 12.0 Å². The summed E-state index contributed by atoms with van der Waals surface area (Å²) >= 11 is 0. The number of anilines is 1. The second-order valence-corrected chi connectivity index (χ2v) is 14.9. The number of hydrogen-bond donors (Lipinski definition) is 2. The normalized spacial score (nSPS) is 15.3. The van der Waals surface area contributed by atoms with Gasteiger partial charge in [0.25, 0.3) is 0 Å². The molecule has 2 saturated heterocycles. The van der Waals surface area contributed by atoms with E-state index in [1.54, 1.807) is 6.07 Å². The van der Waals surface area contributed by atoms with Gasteiger partial charge in [-0.25, -0.2) is 4.39 Å². The minimum absolute atomic E-state index is 0.0475. The topological polar surface area (TPSA) is 97.1 Å². The lowest BCUT2D eigenvalue weighted by molar-refractivity contribution is -0.119. The van der Waals surface area contributed by atoms with Crippen molar-refractivity contribution in [2.45, 2.75) is 74.1 Å². The monoisotopic (exact) mass is 720 g/mol. The van der Waals surface area contributed by atoms with E-state index in [1.807, 2.05) is 72.7 Å². The fourth-order valence-electron chi connectivity index (χ4n) is 5.94. The summed E-state index contributed by atoms with van der Waals surface area (Å²) in [6.07, 6.45) is 6.57. The number of hydrogen-bond acceptors (Lipinski definition) is 6. The minimum Gasteiger partial charge on any atom is -0.454 e. The van der Waals surface area contributed by atoms with Crippen LogP contribution in [0, 0.1) is 32.0 Å². The van der Waals surface area contributed by atoms with Gasteiger partial charge in [-0.15, -0.1) is 8.86 Å². The average molecular weight is 721 g/mol. The molecule has 0 saturated carbocycles. The number of fused-ring (bicyclic) bond motifs is 1. The van der Waals surface area contributed by atoms with Crippen LogP contribution in [0.4, 0.5) is 10.1 Å². The maximum absolute atomic E-state index is 15.0. The molecular formula is C41H58FN4O4P. The quantitative estimate of drug-likeness (QED) is 0.0892. The lowest BCUT2D eigenvalue weighted by Gasteiger charge is -2.26. The average Bonchev–Trinajstić information content (AvgIpc) is 3.63. The van der Waals surface area contributed by atoms with Gasteiger partial charge < -0.3 is 20.5 Å². The number of primary amides is 1. The Morgan fingerprint density at radius 1 is 1.02 bits per heavy atom. The van der Waals surface area contributed by atoms with Crippen LogP contribution in [-0.4, -0.2) is 79.9 Å². The van der Waals surface area contributed by atoms with E-state index in [9.17, 15) is 14.0 Å². The number of aryl methyl sites for hydroxylation is 2. The lowest BCUT2D eigenvalue weighted by Crippen LogP contribution is -2.37. The van der Waals surface area contributed by atoms with E-state index in [2.05, 4.69) is 42.2 Å². The number of ether oxygens (including phenoxy) is 2. The molecule has 2 fully saturated rings. The molecule has 2 aliphatic heterocycles. The number of morpholine rings is 1. The molecule has 0 aliphatic carbocycles. The summed E-state index contributed by atoms with van der Waals surface area (Å²) in [5.74, 6) is 0.825. The van der Waals surface area contributed by atoms with E-state index in [-0.39, 0.29) is 17.1 Å². The molecule has 1 amide bonds. The third-order valence-electron chi connectivity index (χ3n) is 8.89. The van der Waals surface area contributed by atoms with Crippen LogP contribution in [0.5, 0.6) is 11.5 Å². The molecule has 5 rings (SSSR count). The third kappa shape index (κ3) is 13.5. The zero-order valence-electron chi connectivity index (χ0n) is 31.7. The number of halogens is 1. The molecule has 3 N–H and O–H groups in total. The molecule has 10 heteroatoms. The molecule has 0 radical (unpaired) electrons. The smallest absolute Gasteiger partial charge is 0.217 e. The Balaban J connectivity index is 0.000000288. The Morgan fingerprint density at radius 2 is 1.65 bits per heavy atom. The van der Waals surface area contributed by atoms with Gasteiger partial charge in [-0.2, -0.15) is 0 Å². The fourth-order valence-corrected chi connectivity index (χ4v) is 6.37. The molecule has 0 bridgehead atoms. The number of nitrogens with one attached hydrogen (secondary N) is 1. The number of aldehydes is 1. The van der Waals surface area contributed by atoms with Crippen LogP contribution in [0.3, 0.4) is 0 Å². The second-order valence-electron chi connectivity index (χ2n) is 14.4. The predicted octanol–water partition coefficient (Wildman–Crippen LogP) is 8.24. The Kier molecular flexibility index (Phi) is 16.7. The molecule has 8 nitrogen and oxygen atoms in total. The fraction of sp³-hybridized carbons (Fsp3) is 0.488. The van der Waals surface area contributed by atoms with Gasteiger partial charge in [0.2, 0.25) is 5.91 Å². The summed E-state index contributed by atoms with van der Waals surface area (Å²) < 4.78 is 26.7. The molecule has 3 aromatic carbocycles. The van der Waals surface area contributed by atoms with Gasteiger partial charge in [-0.1, -0.05) is 51.1 Å². The number of rotatable bonds is 11. The summed E-state index contributed by atoms with van der Waals surface area (Å²) in [5, 5.41) is 5.58. The number of benzene rings is 3. The number of carbonyl (C=O) groups is 2. The Labute approximate surface area is 306 Å². The number of likely N-dealkylation sites (tertiary alicyclic amines) is 1. The number of nitrogens with two attached hydrogens (primary N) is 1. The van der Waals surface area contributed by atoms with Gasteiger partial charge in [0, 0.05) is 50.1 Å². The van der Waals surface area contributed by atoms with E-state index in [4.69, 9.17) is 15.2 Å². The van der Waals surface area contributed by atoms with Crippen LogP contribution in [0.1, 0.15) is 70.1 Å². The number of carbonyl (C=O) groups excluding carboxylic acids is 2. The maximum atomic E-state index is 15.0. The van der Waals surface area contributed by atoms with Gasteiger partial charge in [0.05, 0.1) is 13.2 Å². The summed E-state index contributed by atoms with van der Waals surface area (Å²) in [5.41, 5.74) is 9.96. The van der Waals surface area contributed by atoms with Crippen molar-refractivity contribution in [3.63, 3.8) is 0 Å². The molecule has 2 heterocycles. The molecule has 3 aromatic rings. The second kappa shape index (κ2) is 20.4. The molecule has 0 aromatic heterocycles. The molecule has 51 heavy (non-hydrogen) atoms. The summed E-state index contributed by atoms with van der Waals surface area (Å²) in [7, 11) is 3.49. The first-order chi connectivity index (χ1) is 24.2. The van der Waals surface area contributed by atoms with Crippen LogP contribution in [0.2, 0.25) is 0 Å². The largest absolute Gasteiger partial charge is 0.454 e. The molecule has 0 atom stereocenters. The van der Waals surface area contributed by atoms with E-state index < -0.39 is 0 Å². The standard InChI is InChI=1S/C26H31FN2O2.C9H14NOP.C6H13NO/c1-18-16-23(27)25(28-9-6-10-29-11-13-30-14-12-29)26(20(18)3)31-24-17-22-8-5-4-7-21(22)15-19(24)2;1-2-8(7-11)9(12)10-5-3-4-6-10;1-6(2,3)4-5(7)8/h4-5,7-8,15-17,28H,6,9-14H2,1-3H3;2,7,12H,3-6H2,1H3;4H2,1-3H3,(H2,7,8)/b;8-2+;. The zero-order valence-corrected chi connectivity index (χ0v) is 32.7. The van der Waals surface area contributed by atoms with Crippen molar-refractivity contribution >= 4 is 42.9 Å². The summed E-state index contributed by atoms with van der Waals surface area (Å²) in [6.45, 7) is 21.1. The van der Waals surface area contributed by atoms with Crippen molar-refractivity contribution in [1.82, 2.24) is 9.80 Å². The highest BCUT2D eigenvalue weighted by Gasteiger charge is 2.19. The molecule has 0 spiro atoms. The van der Waals surface area contributed by atoms with Crippen molar-refractivity contribution in [2.75, 3.05) is 57.8 Å². The Morgan fingerprint density at radius 3 is 2.20 bits per heavy atom. The third-order valence-corrected chi connectivity index (χ3v) is 9.50. The molecule has 278 valence electrons. The van der Waals surface area contributed by atoms with Crippen LogP contribution < -0.4 is 15.8 Å². The lowest BCUT2D eigenvalue weighted by atomic mass is 9.92. The first kappa shape index (κ1) is 41.8. The highest BCUT2D eigenvalue weighted by atomic mass is 31.0. The molecule has 0 unspecified atom stereocenters. The number of nitrogens with zero attached hydrogens (tertiary/aromatic N) is 2. The Bertz CT molecular complexity index is 1660. The zero-order chi connectivity index (χ0) is 37.6. The van der Waals surface area contributed by atoms with E-state index >= 15 is 0 Å². The highest BCUT2D eigenvalue weighted by molar-refractivity contribution is 7.22. The van der Waals surface area contributed by atoms with E-state index in [0.717, 1.165) is 97.5 Å². The first-order valence-electron chi connectivity index (χ1n) is 18.0. The van der Waals surface area contributed by atoms with E-state index in [0.29, 0.717) is 24.4 Å². The molecular weight excluding hydrogens is 662 g/mol. The summed E-state index contributed by atoms with van der Waals surface area (Å²) in [6, 6.07) is 13.9. The first-order valence-corrected chi connectivity index (χ1v) is 18.5. The van der Waals surface area contributed by atoms with Crippen molar-refractivity contribution in [3.05, 3.63) is 76.6 Å². The number of amides is 1. The van der Waals surface area contributed by atoms with Crippen molar-refractivity contribution in [3.8, 4) is 11.5 Å². The van der Waals surface area contributed by atoms with Gasteiger partial charge in [-0.3, -0.25) is 19.4 Å². The number of allylic oxidation sites excluding steroid dienone is 1. The maximum Gasteiger partial charge on any atom is 0.217 e. The summed E-state index contributed by atoms with van der Waals surface area (Å²) in [4.78, 5) is 25.4. The van der Waals surface area contributed by atoms with Gasteiger partial charge in [0.1, 0.15) is 17.3 Å². The van der Waals surface area contributed by atoms with Crippen LogP contribution >= 0.6 is 8.86 Å². The SMILES string of the molecule is C/C=C(\C=O)C(=P)N1CCCC1.CC(C)(C)CC(N)=O.Cc1cc2ccccc2cc1Oc1c(C)c(C)cc(F)c1NCCCN1CCOCC1. The Hall–Kier alpha value is -3.62. The molecule has 2 aliphatic rings. The van der Waals surface area contributed by atoms with Gasteiger partial charge in [-0.05, 0) is 105 Å². The highest BCUT2D eigenvalue weighted by Crippen LogP contribution is 2.39. The van der Waals surface area contributed by atoms with Crippen molar-refractivity contribution in [1.29, 1.82) is 0 Å². The van der Waals surface area contributed by atoms with Crippen LogP contribution in [-0.2, 0) is 14.3 Å². The van der Waals surface area contributed by atoms with Crippen LogP contribution in [0.15, 0.2) is 54.1 Å². The predicted molar refractivity (Wildman–Crippen MR) is 212 cm³/mol. The van der Waals surface area contributed by atoms with Crippen LogP contribution in [0.25, 0.3) is 10.8 Å². The van der Waals surface area contributed by atoms with Crippen molar-refractivity contribution in [2.24, 2.45) is 11.1 Å². The van der Waals surface area contributed by atoms with Crippen molar-refractivity contribution < 1.29 is 23.5 Å². The van der Waals surface area contributed by atoms with E-state index in [1.165, 1.54) is 18.2 Å².